The van der Waals surface area contributed by atoms with Gasteiger partial charge in [-0.15, -0.1) is 0 Å². The molecule has 0 aliphatic carbocycles. The number of hydrogen-bond donors (Lipinski definition) is 2. The normalized spacial score (nSPS) is 10.2. The van der Waals surface area contributed by atoms with Crippen LogP contribution in [0.3, 0.4) is 0 Å². The number of unbranched alkanes of at least 4 members (excludes halogenated alkanes) is 7. The number of nitro groups is 1. The fourth-order valence-corrected chi connectivity index (χ4v) is 2.62. The van der Waals surface area contributed by atoms with E-state index in [-0.39, 0.29) is 17.8 Å². The van der Waals surface area contributed by atoms with Crippen molar-refractivity contribution in [1.82, 2.24) is 0 Å². The summed E-state index contributed by atoms with van der Waals surface area (Å²) in [6.07, 6.45) is 8.30. The highest BCUT2D eigenvalue weighted by molar-refractivity contribution is 5.67. The van der Waals surface area contributed by atoms with Crippen molar-refractivity contribution in [2.75, 3.05) is 11.9 Å². The lowest BCUT2D eigenvalue weighted by Crippen LogP contribution is -2.04. The van der Waals surface area contributed by atoms with Crippen molar-refractivity contribution >= 4 is 23.0 Å². The zero-order valence-corrected chi connectivity index (χ0v) is 14.8. The number of nitrogens with zero attached hydrogens (tertiary/aromatic N) is 4. The molecular formula is C17H25N5O4. The Bertz CT molecular complexity index is 644. The van der Waals surface area contributed by atoms with Crippen LogP contribution >= 0.6 is 0 Å². The van der Waals surface area contributed by atoms with Gasteiger partial charge in [0.15, 0.2) is 0 Å². The molecule has 1 aromatic carbocycles. The van der Waals surface area contributed by atoms with E-state index in [2.05, 4.69) is 15.3 Å². The number of carboxylic acids is 1. The van der Waals surface area contributed by atoms with E-state index in [9.17, 15) is 14.9 Å². The number of rotatable bonds is 14. The molecule has 0 aliphatic heterocycles. The van der Waals surface area contributed by atoms with Crippen molar-refractivity contribution in [1.29, 1.82) is 0 Å². The Morgan fingerprint density at radius 1 is 1.15 bits per heavy atom. The van der Waals surface area contributed by atoms with Crippen LogP contribution in [-0.2, 0) is 4.79 Å². The highest BCUT2D eigenvalue weighted by Gasteiger charge is 2.13. The summed E-state index contributed by atoms with van der Waals surface area (Å²) in [5.41, 5.74) is 8.93. The molecule has 0 heterocycles. The quantitative estimate of drug-likeness (QED) is 0.111. The van der Waals surface area contributed by atoms with Gasteiger partial charge in [-0.1, -0.05) is 49.7 Å². The number of carbonyl (C=O) groups is 1. The maximum absolute atomic E-state index is 11.1. The smallest absolute Gasteiger partial charge is 0.303 e. The van der Waals surface area contributed by atoms with E-state index >= 15 is 0 Å². The minimum atomic E-state index is -0.731. The number of carboxylic acid groups (broad SMARTS) is 1. The number of aliphatic carboxylic acids is 1. The summed E-state index contributed by atoms with van der Waals surface area (Å²) in [5.74, 6) is -0.731. The van der Waals surface area contributed by atoms with Crippen LogP contribution < -0.4 is 5.32 Å². The van der Waals surface area contributed by atoms with Crippen LogP contribution in [0.2, 0.25) is 0 Å². The summed E-state index contributed by atoms with van der Waals surface area (Å²) in [4.78, 5) is 23.6. The van der Waals surface area contributed by atoms with Crippen molar-refractivity contribution in [3.8, 4) is 0 Å². The first-order valence-electron chi connectivity index (χ1n) is 8.84. The Morgan fingerprint density at radius 3 is 2.35 bits per heavy atom. The number of anilines is 1. The Morgan fingerprint density at radius 2 is 1.77 bits per heavy atom. The van der Waals surface area contributed by atoms with Crippen LogP contribution in [0, 0.1) is 10.1 Å². The summed E-state index contributed by atoms with van der Waals surface area (Å²) in [7, 11) is 0. The van der Waals surface area contributed by atoms with Gasteiger partial charge in [0.25, 0.3) is 5.69 Å². The molecule has 0 aliphatic rings. The van der Waals surface area contributed by atoms with Crippen LogP contribution in [0.15, 0.2) is 23.3 Å². The lowest BCUT2D eigenvalue weighted by atomic mass is 10.1. The molecule has 0 bridgehead atoms. The van der Waals surface area contributed by atoms with Gasteiger partial charge in [-0.25, -0.2) is 0 Å². The summed E-state index contributed by atoms with van der Waals surface area (Å²) in [5, 5.41) is 26.1. The second-order valence-corrected chi connectivity index (χ2v) is 6.05. The highest BCUT2D eigenvalue weighted by Crippen LogP contribution is 2.29. The molecule has 0 spiro atoms. The molecule has 0 fully saturated rings. The van der Waals surface area contributed by atoms with Gasteiger partial charge in [0.2, 0.25) is 0 Å². The lowest BCUT2D eigenvalue weighted by Gasteiger charge is -2.07. The summed E-state index contributed by atoms with van der Waals surface area (Å²) in [6, 6.07) is 4.35. The van der Waals surface area contributed by atoms with Crippen molar-refractivity contribution in [2.45, 2.75) is 57.8 Å². The molecule has 0 unspecified atom stereocenters. The third-order valence-corrected chi connectivity index (χ3v) is 3.97. The predicted molar refractivity (Wildman–Crippen MR) is 99.6 cm³/mol. The fourth-order valence-electron chi connectivity index (χ4n) is 2.62. The first kappa shape index (κ1) is 21.2. The molecule has 142 valence electrons. The van der Waals surface area contributed by atoms with Crippen molar-refractivity contribution < 1.29 is 14.8 Å². The SMILES string of the molecule is [N-]=[N+]=Nc1ccc(NCCCCCCCCCCC(=O)O)c([N+](=O)[O-])c1. The van der Waals surface area contributed by atoms with E-state index in [0.29, 0.717) is 12.2 Å². The number of hydrogen-bond acceptors (Lipinski definition) is 5. The topological polar surface area (TPSA) is 141 Å². The molecule has 2 N–H and O–H groups in total. The van der Waals surface area contributed by atoms with E-state index in [1.54, 1.807) is 12.1 Å². The third kappa shape index (κ3) is 8.89. The van der Waals surface area contributed by atoms with Crippen LogP contribution in [-0.4, -0.2) is 22.5 Å². The first-order valence-corrected chi connectivity index (χ1v) is 8.84. The molecule has 0 aromatic heterocycles. The standard InChI is InChI=1S/C17H25N5O4/c18-21-20-14-10-11-15(16(13-14)22(25)26)19-12-8-6-4-2-1-3-5-7-9-17(23)24/h10-11,13,19H,1-9,12H2,(H,23,24). The molecule has 0 saturated carbocycles. The van der Waals surface area contributed by atoms with Gasteiger partial charge in [-0.2, -0.15) is 0 Å². The molecule has 9 heteroatoms. The van der Waals surface area contributed by atoms with Gasteiger partial charge in [0.1, 0.15) is 5.69 Å². The predicted octanol–water partition coefficient (Wildman–Crippen LogP) is 5.54. The van der Waals surface area contributed by atoms with Gasteiger partial charge < -0.3 is 10.4 Å². The van der Waals surface area contributed by atoms with Gasteiger partial charge in [-0.3, -0.25) is 14.9 Å². The maximum Gasteiger partial charge on any atom is 0.303 e. The summed E-state index contributed by atoms with van der Waals surface area (Å²) in [6.45, 7) is 0.639. The molecule has 0 atom stereocenters. The van der Waals surface area contributed by atoms with Gasteiger partial charge in [0, 0.05) is 29.6 Å². The fraction of sp³-hybridized carbons (Fsp3) is 0.588. The average molecular weight is 363 g/mol. The van der Waals surface area contributed by atoms with Crippen LogP contribution in [0.1, 0.15) is 57.8 Å². The van der Waals surface area contributed by atoms with Gasteiger partial charge in [-0.05, 0) is 24.4 Å². The third-order valence-electron chi connectivity index (χ3n) is 3.97. The van der Waals surface area contributed by atoms with E-state index in [1.807, 2.05) is 0 Å². The molecule has 0 radical (unpaired) electrons. The van der Waals surface area contributed by atoms with E-state index in [1.165, 1.54) is 6.07 Å². The molecular weight excluding hydrogens is 338 g/mol. The zero-order chi connectivity index (χ0) is 19.2. The Kier molecular flexibility index (Phi) is 10.3. The molecule has 0 amide bonds. The number of nitrogens with one attached hydrogen (secondary N) is 1. The molecule has 1 rings (SSSR count). The second-order valence-electron chi connectivity index (χ2n) is 6.05. The van der Waals surface area contributed by atoms with Crippen LogP contribution in [0.25, 0.3) is 10.4 Å². The minimum absolute atomic E-state index is 0.101. The van der Waals surface area contributed by atoms with Crippen LogP contribution in [0.5, 0.6) is 0 Å². The summed E-state index contributed by atoms with van der Waals surface area (Å²) >= 11 is 0. The number of azide groups is 1. The average Bonchev–Trinajstić information content (AvgIpc) is 2.60. The van der Waals surface area contributed by atoms with Gasteiger partial charge in [0.05, 0.1) is 4.92 Å². The largest absolute Gasteiger partial charge is 0.481 e. The van der Waals surface area contributed by atoms with Crippen LogP contribution in [0.4, 0.5) is 17.1 Å². The number of nitro benzene ring substituents is 1. The second kappa shape index (κ2) is 12.5. The zero-order valence-electron chi connectivity index (χ0n) is 14.8. The summed E-state index contributed by atoms with van der Waals surface area (Å²) < 4.78 is 0. The Hall–Kier alpha value is -2.80. The monoisotopic (exact) mass is 363 g/mol. The lowest BCUT2D eigenvalue weighted by molar-refractivity contribution is -0.383. The van der Waals surface area contributed by atoms with Crippen molar-refractivity contribution in [3.63, 3.8) is 0 Å². The molecule has 26 heavy (non-hydrogen) atoms. The molecule has 1 aromatic rings. The van der Waals surface area contributed by atoms with Crippen molar-refractivity contribution in [2.24, 2.45) is 5.11 Å². The minimum Gasteiger partial charge on any atom is -0.481 e. The van der Waals surface area contributed by atoms with E-state index in [0.717, 1.165) is 51.4 Å². The first-order chi connectivity index (χ1) is 12.5. The number of benzene rings is 1. The Labute approximate surface area is 152 Å². The van der Waals surface area contributed by atoms with Gasteiger partial charge >= 0.3 is 5.97 Å². The van der Waals surface area contributed by atoms with E-state index < -0.39 is 10.9 Å². The van der Waals surface area contributed by atoms with Crippen molar-refractivity contribution in [3.05, 3.63) is 38.8 Å². The Balaban J connectivity index is 2.19. The molecule has 9 nitrogen and oxygen atoms in total. The molecule has 0 saturated heterocycles. The van der Waals surface area contributed by atoms with E-state index in [4.69, 9.17) is 10.6 Å². The highest BCUT2D eigenvalue weighted by atomic mass is 16.6. The maximum atomic E-state index is 11.1.